The lowest BCUT2D eigenvalue weighted by molar-refractivity contribution is 1.70. The Labute approximate surface area is 55.9 Å². The minimum atomic E-state index is 0.713. The molecule has 0 fully saturated rings. The maximum Gasteiger partial charge on any atom is 0.0794 e. The fourth-order valence-electron chi connectivity index (χ4n) is 0.333. The Morgan fingerprint density at radius 3 is 2.86 bits per heavy atom. The minimum Gasteiger partial charge on any atom is -0.146 e. The van der Waals surface area contributed by atoms with Crippen LogP contribution in [0.5, 0.6) is 0 Å². The monoisotopic (exact) mass is 150 g/mol. The van der Waals surface area contributed by atoms with Crippen LogP contribution in [0.4, 0.5) is 0 Å². The standard InChI is InChI=1S/C4H6S3/c1-5-4-2-3-6-7-4/h2-4H,1H3. The topological polar surface area (TPSA) is 0 Å². The molecular weight excluding hydrogens is 144 g/mol. The summed E-state index contributed by atoms with van der Waals surface area (Å²) in [4.78, 5) is 0. The SMILES string of the molecule is CSC1C=CSS1. The average Bonchev–Trinajstić information content (AvgIpc) is 2.14. The summed E-state index contributed by atoms with van der Waals surface area (Å²) >= 11 is 1.89. The molecule has 0 saturated heterocycles. The van der Waals surface area contributed by atoms with Gasteiger partial charge in [-0.05, 0) is 11.7 Å². The van der Waals surface area contributed by atoms with Gasteiger partial charge in [-0.25, -0.2) is 0 Å². The van der Waals surface area contributed by atoms with Gasteiger partial charge >= 0.3 is 0 Å². The molecule has 0 bridgehead atoms. The molecule has 1 aliphatic rings. The van der Waals surface area contributed by atoms with Crippen molar-refractivity contribution in [2.75, 3.05) is 6.26 Å². The van der Waals surface area contributed by atoms with Crippen LogP contribution in [0.25, 0.3) is 0 Å². The molecule has 0 aliphatic carbocycles. The third-order valence-corrected chi connectivity index (χ3v) is 4.54. The van der Waals surface area contributed by atoms with Crippen molar-refractivity contribution in [2.45, 2.75) is 4.58 Å². The first-order valence-corrected chi connectivity index (χ1v) is 5.51. The second-order valence-corrected chi connectivity index (χ2v) is 4.72. The van der Waals surface area contributed by atoms with Crippen LogP contribution in [0.15, 0.2) is 11.5 Å². The molecule has 0 aromatic heterocycles. The highest BCUT2D eigenvalue weighted by Gasteiger charge is 2.06. The van der Waals surface area contributed by atoms with E-state index in [9.17, 15) is 0 Å². The second kappa shape index (κ2) is 2.95. The smallest absolute Gasteiger partial charge is 0.0794 e. The van der Waals surface area contributed by atoms with Gasteiger partial charge in [0.25, 0.3) is 0 Å². The van der Waals surface area contributed by atoms with E-state index >= 15 is 0 Å². The van der Waals surface area contributed by atoms with Crippen molar-refractivity contribution in [1.82, 2.24) is 0 Å². The summed E-state index contributed by atoms with van der Waals surface area (Å²) in [5.41, 5.74) is 0. The van der Waals surface area contributed by atoms with E-state index in [1.54, 1.807) is 0 Å². The van der Waals surface area contributed by atoms with Crippen LogP contribution < -0.4 is 0 Å². The van der Waals surface area contributed by atoms with Gasteiger partial charge < -0.3 is 0 Å². The minimum absolute atomic E-state index is 0.713. The fraction of sp³-hybridized carbons (Fsp3) is 0.500. The van der Waals surface area contributed by atoms with Gasteiger partial charge in [0, 0.05) is 0 Å². The third-order valence-electron chi connectivity index (χ3n) is 0.674. The summed E-state index contributed by atoms with van der Waals surface area (Å²) in [7, 11) is 3.73. The molecule has 1 unspecified atom stereocenters. The van der Waals surface area contributed by atoms with Crippen molar-refractivity contribution in [3.63, 3.8) is 0 Å². The van der Waals surface area contributed by atoms with Crippen LogP contribution in [-0.4, -0.2) is 10.8 Å². The van der Waals surface area contributed by atoms with Gasteiger partial charge in [0.2, 0.25) is 0 Å². The molecular formula is C4H6S3. The lowest BCUT2D eigenvalue weighted by atomic mass is 10.7. The van der Waals surface area contributed by atoms with Gasteiger partial charge in [0.1, 0.15) is 0 Å². The van der Waals surface area contributed by atoms with E-state index in [0.717, 1.165) is 0 Å². The van der Waals surface area contributed by atoms with Gasteiger partial charge in [0.15, 0.2) is 0 Å². The molecule has 3 heteroatoms. The molecule has 1 atom stereocenters. The van der Waals surface area contributed by atoms with E-state index in [1.165, 1.54) is 0 Å². The summed E-state index contributed by atoms with van der Waals surface area (Å²) in [6, 6.07) is 0. The molecule has 1 aliphatic heterocycles. The number of thioether (sulfide) groups is 1. The zero-order chi connectivity index (χ0) is 5.11. The highest BCUT2D eigenvalue weighted by atomic mass is 33.1. The Hall–Kier alpha value is 0.790. The summed E-state index contributed by atoms with van der Waals surface area (Å²) in [5, 5.41) is 2.14. The maximum absolute atomic E-state index is 2.22. The zero-order valence-corrected chi connectivity index (χ0v) is 6.41. The maximum atomic E-state index is 2.22. The fourth-order valence-corrected chi connectivity index (χ4v) is 3.64. The highest BCUT2D eigenvalue weighted by molar-refractivity contribution is 8.80. The molecule has 0 spiro atoms. The largest absolute Gasteiger partial charge is 0.146 e. The van der Waals surface area contributed by atoms with Crippen LogP contribution in [0.3, 0.4) is 0 Å². The summed E-state index contributed by atoms with van der Waals surface area (Å²) in [6.45, 7) is 0. The van der Waals surface area contributed by atoms with Gasteiger partial charge in [-0.15, -0.1) is 11.8 Å². The van der Waals surface area contributed by atoms with E-state index in [0.29, 0.717) is 4.58 Å². The number of hydrogen-bond acceptors (Lipinski definition) is 3. The van der Waals surface area contributed by atoms with Gasteiger partial charge in [-0.1, -0.05) is 27.7 Å². The Morgan fingerprint density at radius 1 is 1.71 bits per heavy atom. The first kappa shape index (κ1) is 5.92. The van der Waals surface area contributed by atoms with E-state index in [4.69, 9.17) is 0 Å². The molecule has 40 valence electrons. The lowest BCUT2D eigenvalue weighted by Gasteiger charge is -1.96. The predicted octanol–water partition coefficient (Wildman–Crippen LogP) is 2.58. The molecule has 0 saturated carbocycles. The zero-order valence-electron chi connectivity index (χ0n) is 3.96. The molecule has 7 heavy (non-hydrogen) atoms. The van der Waals surface area contributed by atoms with Crippen molar-refractivity contribution in [3.05, 3.63) is 11.5 Å². The van der Waals surface area contributed by atoms with Crippen LogP contribution in [-0.2, 0) is 0 Å². The van der Waals surface area contributed by atoms with Crippen molar-refractivity contribution < 1.29 is 0 Å². The summed E-state index contributed by atoms with van der Waals surface area (Å²) < 4.78 is 0.713. The Bertz CT molecular complexity index is 79.0. The van der Waals surface area contributed by atoms with Gasteiger partial charge in [-0.3, -0.25) is 0 Å². The molecule has 0 radical (unpaired) electrons. The van der Waals surface area contributed by atoms with E-state index in [1.807, 2.05) is 33.3 Å². The number of rotatable bonds is 1. The summed E-state index contributed by atoms with van der Waals surface area (Å²) in [5.74, 6) is 0. The number of hydrogen-bond donors (Lipinski definition) is 0. The first-order chi connectivity index (χ1) is 3.43. The molecule has 0 aromatic rings. The molecule has 1 rings (SSSR count). The molecule has 1 heterocycles. The Morgan fingerprint density at radius 2 is 2.57 bits per heavy atom. The normalized spacial score (nSPS) is 29.0. The summed E-state index contributed by atoms with van der Waals surface area (Å²) in [6.07, 6.45) is 4.36. The Kier molecular flexibility index (Phi) is 2.49. The molecule has 0 N–H and O–H groups in total. The van der Waals surface area contributed by atoms with Crippen LogP contribution in [0.2, 0.25) is 0 Å². The predicted molar refractivity (Wildman–Crippen MR) is 41.6 cm³/mol. The highest BCUT2D eigenvalue weighted by Crippen LogP contribution is 2.40. The van der Waals surface area contributed by atoms with Crippen molar-refractivity contribution >= 4 is 33.3 Å². The Balaban J connectivity index is 2.28. The van der Waals surface area contributed by atoms with E-state index in [-0.39, 0.29) is 0 Å². The molecule has 0 amide bonds. The van der Waals surface area contributed by atoms with Crippen molar-refractivity contribution in [3.8, 4) is 0 Å². The second-order valence-electron chi connectivity index (χ2n) is 1.13. The average molecular weight is 150 g/mol. The first-order valence-electron chi connectivity index (χ1n) is 1.95. The molecule has 0 aromatic carbocycles. The van der Waals surface area contributed by atoms with E-state index < -0.39 is 0 Å². The lowest BCUT2D eigenvalue weighted by Crippen LogP contribution is -1.79. The van der Waals surface area contributed by atoms with Crippen LogP contribution in [0, 0.1) is 0 Å². The van der Waals surface area contributed by atoms with Crippen molar-refractivity contribution in [2.24, 2.45) is 0 Å². The van der Waals surface area contributed by atoms with Crippen LogP contribution in [0.1, 0.15) is 0 Å². The van der Waals surface area contributed by atoms with Gasteiger partial charge in [-0.2, -0.15) is 0 Å². The van der Waals surface area contributed by atoms with Crippen LogP contribution >= 0.6 is 33.3 Å². The van der Waals surface area contributed by atoms with Crippen molar-refractivity contribution in [1.29, 1.82) is 0 Å². The van der Waals surface area contributed by atoms with E-state index in [2.05, 4.69) is 17.7 Å². The third kappa shape index (κ3) is 1.63. The molecule has 0 nitrogen and oxygen atoms in total. The quantitative estimate of drug-likeness (QED) is 0.527. The van der Waals surface area contributed by atoms with Gasteiger partial charge in [0.05, 0.1) is 4.58 Å².